The van der Waals surface area contributed by atoms with Crippen LogP contribution in [0.5, 0.6) is 0 Å². The maximum atomic E-state index is 12.3. The molecule has 1 heterocycles. The summed E-state index contributed by atoms with van der Waals surface area (Å²) in [5.41, 5.74) is 4.90. The van der Waals surface area contributed by atoms with Gasteiger partial charge in [-0.3, -0.25) is 4.79 Å². The summed E-state index contributed by atoms with van der Waals surface area (Å²) in [7, 11) is 0. The van der Waals surface area contributed by atoms with Gasteiger partial charge in [0.25, 0.3) is 0 Å². The van der Waals surface area contributed by atoms with Crippen LogP contribution >= 0.6 is 0 Å². The summed E-state index contributed by atoms with van der Waals surface area (Å²) in [4.78, 5) is 11.0. The van der Waals surface area contributed by atoms with E-state index in [1.165, 1.54) is 18.2 Å². The molecule has 0 aromatic heterocycles. The number of nitrogens with zero attached hydrogens (tertiary/aromatic N) is 2. The lowest BCUT2D eigenvalue weighted by Crippen LogP contribution is -2.48. The number of halogens is 3. The van der Waals surface area contributed by atoms with Gasteiger partial charge in [0, 0.05) is 0 Å². The minimum Gasteiger partial charge on any atom is -0.301 e. The number of alkyl halides is 3. The fourth-order valence-electron chi connectivity index (χ4n) is 1.36. The number of benzene rings is 1. The minimum atomic E-state index is -4.99. The number of hydrogen-bond acceptors (Lipinski definition) is 4. The Kier molecular flexibility index (Phi) is 2.40. The van der Waals surface area contributed by atoms with Crippen LogP contribution in [-0.2, 0) is 4.79 Å². The third-order valence-electron chi connectivity index (χ3n) is 2.12. The highest BCUT2D eigenvalue weighted by atomic mass is 19.4. The second-order valence-electron chi connectivity index (χ2n) is 3.22. The van der Waals surface area contributed by atoms with Gasteiger partial charge < -0.3 is 5.43 Å². The first-order valence-electron chi connectivity index (χ1n) is 4.40. The van der Waals surface area contributed by atoms with Crippen molar-refractivity contribution in [3.8, 4) is 6.07 Å². The van der Waals surface area contributed by atoms with Crippen molar-refractivity contribution in [3.63, 3.8) is 0 Å². The molecule has 0 saturated carbocycles. The second-order valence-corrected chi connectivity index (χ2v) is 3.22. The van der Waals surface area contributed by atoms with Crippen LogP contribution in [0.1, 0.15) is 5.56 Å². The van der Waals surface area contributed by atoms with Gasteiger partial charge in [0.1, 0.15) is 0 Å². The van der Waals surface area contributed by atoms with Gasteiger partial charge in [-0.2, -0.15) is 18.4 Å². The fourth-order valence-corrected chi connectivity index (χ4v) is 1.36. The van der Waals surface area contributed by atoms with Crippen LogP contribution in [0.2, 0.25) is 0 Å². The molecule has 88 valence electrons. The van der Waals surface area contributed by atoms with Gasteiger partial charge in [-0.15, -0.1) is 5.53 Å². The van der Waals surface area contributed by atoms with E-state index in [4.69, 9.17) is 5.26 Å². The maximum absolute atomic E-state index is 12.3. The van der Waals surface area contributed by atoms with Crippen LogP contribution in [-0.4, -0.2) is 12.1 Å². The first-order chi connectivity index (χ1) is 7.93. The number of hydrogen-bond donors (Lipinski definition) is 2. The van der Waals surface area contributed by atoms with E-state index in [1.807, 2.05) is 0 Å². The lowest BCUT2D eigenvalue weighted by Gasteiger charge is -2.17. The third kappa shape index (κ3) is 1.88. The van der Waals surface area contributed by atoms with Crippen molar-refractivity contribution in [1.29, 1.82) is 5.26 Å². The van der Waals surface area contributed by atoms with Gasteiger partial charge in [0.05, 0.1) is 23.0 Å². The molecule has 17 heavy (non-hydrogen) atoms. The van der Waals surface area contributed by atoms with Crippen molar-refractivity contribution >= 4 is 17.3 Å². The highest BCUT2D eigenvalue weighted by molar-refractivity contribution is 6.01. The number of fused-ring (bicyclic) bond motifs is 1. The Morgan fingerprint density at radius 2 is 2.12 bits per heavy atom. The van der Waals surface area contributed by atoms with E-state index in [-0.39, 0.29) is 11.3 Å². The molecule has 0 radical (unpaired) electrons. The number of rotatable bonds is 0. The van der Waals surface area contributed by atoms with E-state index in [0.717, 1.165) is 0 Å². The van der Waals surface area contributed by atoms with Crippen LogP contribution in [0.25, 0.3) is 0 Å². The lowest BCUT2D eigenvalue weighted by atomic mass is 10.2. The van der Waals surface area contributed by atoms with Gasteiger partial charge in [-0.25, -0.2) is 5.01 Å². The van der Waals surface area contributed by atoms with Crippen molar-refractivity contribution in [1.82, 2.24) is 5.53 Å². The summed E-state index contributed by atoms with van der Waals surface area (Å²) in [5, 5.41) is 8.95. The second kappa shape index (κ2) is 3.64. The van der Waals surface area contributed by atoms with Gasteiger partial charge in [-0.05, 0) is 18.2 Å². The average Bonchev–Trinajstić information content (AvgIpc) is 2.69. The minimum absolute atomic E-state index is 0.0358. The number of nitrogens with one attached hydrogen (secondary N) is 2. The Bertz CT molecular complexity index is 520. The van der Waals surface area contributed by atoms with E-state index < -0.39 is 12.1 Å². The van der Waals surface area contributed by atoms with Crippen molar-refractivity contribution in [2.75, 3.05) is 10.4 Å². The van der Waals surface area contributed by atoms with Gasteiger partial charge in [0.15, 0.2) is 0 Å². The molecule has 1 aromatic carbocycles. The van der Waals surface area contributed by atoms with Crippen LogP contribution < -0.4 is 16.0 Å². The Balaban J connectivity index is 2.40. The summed E-state index contributed by atoms with van der Waals surface area (Å²) < 4.78 is 36.8. The number of carbonyl (C=O) groups is 1. The molecule has 2 rings (SSSR count). The first kappa shape index (κ1) is 11.2. The molecule has 8 heteroatoms. The van der Waals surface area contributed by atoms with E-state index >= 15 is 0 Å². The molecular formula is C9H5F3N4O. The molecule has 1 amide bonds. The summed E-state index contributed by atoms with van der Waals surface area (Å²) in [6.07, 6.45) is -4.99. The molecule has 0 saturated heterocycles. The highest BCUT2D eigenvalue weighted by Gasteiger charge is 2.45. The zero-order valence-corrected chi connectivity index (χ0v) is 8.17. The summed E-state index contributed by atoms with van der Waals surface area (Å²) in [6.45, 7) is 0. The standard InChI is InChI=1S/C9H5F3N4O/c10-9(11,12)8(17)16-7-3-5(4-13)1-2-6(7)14-15-16/h1-3,14-15H. The van der Waals surface area contributed by atoms with E-state index in [9.17, 15) is 18.0 Å². The largest absolute Gasteiger partial charge is 0.473 e. The Labute approximate surface area is 93.4 Å². The molecule has 1 aliphatic rings. The van der Waals surface area contributed by atoms with Crippen LogP contribution in [0.15, 0.2) is 18.2 Å². The van der Waals surface area contributed by atoms with Crippen LogP contribution in [0, 0.1) is 11.3 Å². The number of nitriles is 1. The van der Waals surface area contributed by atoms with E-state index in [2.05, 4.69) is 11.0 Å². The molecule has 0 unspecified atom stereocenters. The predicted octanol–water partition coefficient (Wildman–Crippen LogP) is 1.30. The average molecular weight is 242 g/mol. The topological polar surface area (TPSA) is 68.2 Å². The van der Waals surface area contributed by atoms with Gasteiger partial charge in [0.2, 0.25) is 0 Å². The normalized spacial score (nSPS) is 13.9. The zero-order valence-electron chi connectivity index (χ0n) is 8.17. The molecule has 1 aromatic rings. The molecule has 0 atom stereocenters. The summed E-state index contributed by atoms with van der Waals surface area (Å²) >= 11 is 0. The molecule has 0 fully saturated rings. The van der Waals surface area contributed by atoms with Crippen molar-refractivity contribution in [2.24, 2.45) is 0 Å². The van der Waals surface area contributed by atoms with Gasteiger partial charge in [-0.1, -0.05) is 0 Å². The van der Waals surface area contributed by atoms with Crippen molar-refractivity contribution < 1.29 is 18.0 Å². The monoisotopic (exact) mass is 242 g/mol. The molecule has 2 N–H and O–H groups in total. The highest BCUT2D eigenvalue weighted by Crippen LogP contribution is 2.32. The Hall–Kier alpha value is -2.27. The van der Waals surface area contributed by atoms with Crippen molar-refractivity contribution in [3.05, 3.63) is 23.8 Å². The van der Waals surface area contributed by atoms with E-state index in [1.54, 1.807) is 6.07 Å². The molecule has 0 spiro atoms. The van der Waals surface area contributed by atoms with Crippen molar-refractivity contribution in [2.45, 2.75) is 6.18 Å². The molecule has 0 bridgehead atoms. The van der Waals surface area contributed by atoms with E-state index in [0.29, 0.717) is 10.7 Å². The Morgan fingerprint density at radius 1 is 1.41 bits per heavy atom. The summed E-state index contributed by atoms with van der Waals surface area (Å²) in [6, 6.07) is 5.80. The number of carbonyl (C=O) groups excluding carboxylic acids is 1. The van der Waals surface area contributed by atoms with Crippen LogP contribution in [0.3, 0.4) is 0 Å². The fraction of sp³-hybridized carbons (Fsp3) is 0.111. The molecule has 1 aliphatic heterocycles. The molecular weight excluding hydrogens is 237 g/mol. The van der Waals surface area contributed by atoms with Gasteiger partial charge >= 0.3 is 12.1 Å². The maximum Gasteiger partial charge on any atom is 0.473 e. The molecule has 0 aliphatic carbocycles. The predicted molar refractivity (Wildman–Crippen MR) is 51.5 cm³/mol. The number of amides is 1. The lowest BCUT2D eigenvalue weighted by molar-refractivity contribution is -0.171. The number of hydrazine groups is 2. The quantitative estimate of drug-likeness (QED) is 0.719. The zero-order chi connectivity index (χ0) is 12.6. The number of anilines is 2. The first-order valence-corrected chi connectivity index (χ1v) is 4.40. The smallest absolute Gasteiger partial charge is 0.301 e. The summed E-state index contributed by atoms with van der Waals surface area (Å²) in [5.74, 6) is -2.06. The third-order valence-corrected chi connectivity index (χ3v) is 2.12. The Morgan fingerprint density at radius 3 is 2.71 bits per heavy atom. The van der Waals surface area contributed by atoms with Crippen LogP contribution in [0.4, 0.5) is 24.5 Å². The SMILES string of the molecule is N#Cc1ccc2c(c1)N(C(=O)C(F)(F)F)NN2. The molecule has 5 nitrogen and oxygen atoms in total.